The molecule has 13 heteroatoms. The van der Waals surface area contributed by atoms with Crippen molar-refractivity contribution < 1.29 is 28.8 Å². The molecule has 6 aromatic rings. The van der Waals surface area contributed by atoms with Gasteiger partial charge in [0.2, 0.25) is 0 Å². The molecule has 286 valence electrons. The molecule has 0 saturated carbocycles. The Kier molecular flexibility index (Phi) is 11.0. The summed E-state index contributed by atoms with van der Waals surface area (Å²) in [6.07, 6.45) is -0.0214. The van der Waals surface area contributed by atoms with Crippen molar-refractivity contribution in [2.75, 3.05) is 13.7 Å². The maximum Gasteiger partial charge on any atom is 0.411 e. The predicted octanol–water partition coefficient (Wildman–Crippen LogP) is 8.52. The number of methoxy groups -OCH3 is 1. The Bertz CT molecular complexity index is 2200. The van der Waals surface area contributed by atoms with Crippen molar-refractivity contribution in [3.8, 4) is 5.75 Å². The molecule has 1 saturated heterocycles. The minimum Gasteiger partial charge on any atom is -0.497 e. The lowest BCUT2D eigenvalue weighted by molar-refractivity contribution is -0.0610. The molecule has 56 heavy (non-hydrogen) atoms. The maximum atomic E-state index is 14.6. The van der Waals surface area contributed by atoms with Gasteiger partial charge in [0, 0.05) is 16.7 Å². The number of H-pyrrole nitrogens is 1. The average molecular weight is 754 g/mol. The zero-order chi connectivity index (χ0) is 39.3. The quantitative estimate of drug-likeness (QED) is 0.0543. The Balaban J connectivity index is 1.37. The molecule has 4 aromatic carbocycles. The zero-order valence-electron chi connectivity index (χ0n) is 31.5. The van der Waals surface area contributed by atoms with Gasteiger partial charge in [0.1, 0.15) is 35.5 Å². The van der Waals surface area contributed by atoms with Gasteiger partial charge in [0.25, 0.3) is 0 Å². The number of ether oxygens (including phenoxy) is 4. The van der Waals surface area contributed by atoms with E-state index in [0.29, 0.717) is 22.3 Å². The number of hydrogen-bond acceptors (Lipinski definition) is 9. The van der Waals surface area contributed by atoms with Crippen molar-refractivity contribution in [2.45, 2.75) is 62.9 Å². The number of amides is 1. The van der Waals surface area contributed by atoms with Crippen LogP contribution in [-0.4, -0.2) is 68.6 Å². The van der Waals surface area contributed by atoms with Crippen molar-refractivity contribution in [2.24, 2.45) is 5.11 Å². The smallest absolute Gasteiger partial charge is 0.411 e. The van der Waals surface area contributed by atoms with Gasteiger partial charge in [0.15, 0.2) is 5.82 Å². The van der Waals surface area contributed by atoms with E-state index in [1.807, 2.05) is 115 Å². The number of hydrogen-bond donors (Lipinski definition) is 2. The molecule has 3 heterocycles. The summed E-state index contributed by atoms with van der Waals surface area (Å²) in [5.41, 5.74) is 11.9. The summed E-state index contributed by atoms with van der Waals surface area (Å²) < 4.78 is 25.3. The Hall–Kier alpha value is -6.24. The average Bonchev–Trinajstić information content (AvgIpc) is 3.76. The van der Waals surface area contributed by atoms with E-state index in [2.05, 4.69) is 25.0 Å². The van der Waals surface area contributed by atoms with Crippen molar-refractivity contribution in [1.82, 2.24) is 19.9 Å². The van der Waals surface area contributed by atoms with Crippen LogP contribution in [0, 0.1) is 0 Å². The molecule has 0 aliphatic carbocycles. The standard InChI is InChI=1S/C43H43N7O6/c1-42(2,3)56-41(52)50-34(26-55-43(29-14-8-5-9-15-29,30-16-10-6-11-17-30)31-18-12-7-13-19-31)38(51)39(54-25-28-20-22-32(53-4)23-21-28)37(50)33-24-45-36-35(33)46-27-47-40(36)48-49-44/h5-24,27,34,37-39,45,51H,25-26H2,1-4H3/t34-,37+,38-,39+/m1/s1. The second-order valence-electron chi connectivity index (χ2n) is 14.5. The highest BCUT2D eigenvalue weighted by Gasteiger charge is 2.55. The van der Waals surface area contributed by atoms with E-state index in [-0.39, 0.29) is 19.0 Å². The maximum absolute atomic E-state index is 14.6. The molecule has 0 unspecified atom stereocenters. The third-order valence-electron chi connectivity index (χ3n) is 9.85. The highest BCUT2D eigenvalue weighted by Crippen LogP contribution is 2.46. The number of aliphatic hydroxyl groups excluding tert-OH is 1. The van der Waals surface area contributed by atoms with Gasteiger partial charge in [-0.3, -0.25) is 4.90 Å². The fraction of sp³-hybridized carbons (Fsp3) is 0.279. The van der Waals surface area contributed by atoms with Gasteiger partial charge in [-0.05, 0) is 65.8 Å². The van der Waals surface area contributed by atoms with Crippen LogP contribution in [0.4, 0.5) is 10.6 Å². The first-order valence-electron chi connectivity index (χ1n) is 18.3. The zero-order valence-corrected chi connectivity index (χ0v) is 31.5. The molecule has 7 rings (SSSR count). The molecule has 2 N–H and O–H groups in total. The van der Waals surface area contributed by atoms with Crippen molar-refractivity contribution in [1.29, 1.82) is 0 Å². The van der Waals surface area contributed by atoms with Crippen LogP contribution in [0.3, 0.4) is 0 Å². The number of aromatic amines is 1. The van der Waals surface area contributed by atoms with Crippen LogP contribution >= 0.6 is 0 Å². The van der Waals surface area contributed by atoms with Crippen molar-refractivity contribution in [3.63, 3.8) is 0 Å². The van der Waals surface area contributed by atoms with Crippen LogP contribution in [0.5, 0.6) is 5.75 Å². The number of likely N-dealkylation sites (tertiary alicyclic amines) is 1. The van der Waals surface area contributed by atoms with E-state index in [9.17, 15) is 15.4 Å². The fourth-order valence-electron chi connectivity index (χ4n) is 7.38. The number of rotatable bonds is 12. The highest BCUT2D eigenvalue weighted by molar-refractivity contribution is 5.87. The van der Waals surface area contributed by atoms with Gasteiger partial charge in [-0.25, -0.2) is 14.8 Å². The molecule has 2 aromatic heterocycles. The van der Waals surface area contributed by atoms with Crippen LogP contribution in [0.15, 0.2) is 133 Å². The molecular weight excluding hydrogens is 711 g/mol. The molecular formula is C43H43N7O6. The number of aromatic nitrogens is 3. The van der Waals surface area contributed by atoms with Gasteiger partial charge in [-0.2, -0.15) is 0 Å². The minimum atomic E-state index is -1.28. The second kappa shape index (κ2) is 16.2. The number of nitrogens with one attached hydrogen (secondary N) is 1. The van der Waals surface area contributed by atoms with Crippen LogP contribution in [0.2, 0.25) is 0 Å². The van der Waals surface area contributed by atoms with Gasteiger partial charge >= 0.3 is 6.09 Å². The van der Waals surface area contributed by atoms with E-state index in [4.69, 9.17) is 18.9 Å². The largest absolute Gasteiger partial charge is 0.497 e. The Morgan fingerprint density at radius 1 is 0.893 bits per heavy atom. The number of carbonyl (C=O) groups is 1. The highest BCUT2D eigenvalue weighted by atomic mass is 16.6. The Morgan fingerprint density at radius 2 is 1.48 bits per heavy atom. The Morgan fingerprint density at radius 3 is 2.02 bits per heavy atom. The number of nitrogens with zero attached hydrogens (tertiary/aromatic N) is 6. The van der Waals surface area contributed by atoms with Gasteiger partial charge in [-0.1, -0.05) is 103 Å². The first-order valence-corrected chi connectivity index (χ1v) is 18.3. The van der Waals surface area contributed by atoms with E-state index in [0.717, 1.165) is 22.3 Å². The SMILES string of the molecule is COc1ccc(CO[C@@H]2[C@H](O)[C@@H](COC(c3ccccc3)(c3ccccc3)c3ccccc3)N(C(=O)OC(C)(C)C)[C@H]2c2c[nH]c3c(N=[N+]=[N-])ncnc23)cc1. The molecule has 4 atom stereocenters. The van der Waals surface area contributed by atoms with Crippen LogP contribution in [0.1, 0.15) is 54.6 Å². The van der Waals surface area contributed by atoms with Crippen molar-refractivity contribution >= 4 is 22.9 Å². The first-order chi connectivity index (χ1) is 27.1. The van der Waals surface area contributed by atoms with Crippen LogP contribution < -0.4 is 4.74 Å². The van der Waals surface area contributed by atoms with Crippen LogP contribution in [0.25, 0.3) is 21.5 Å². The summed E-state index contributed by atoms with van der Waals surface area (Å²) >= 11 is 0. The number of carbonyl (C=O) groups excluding carboxylic acids is 1. The number of azide groups is 1. The summed E-state index contributed by atoms with van der Waals surface area (Å²) in [6.45, 7) is 5.31. The summed E-state index contributed by atoms with van der Waals surface area (Å²) in [6, 6.07) is 35.1. The molecule has 0 spiro atoms. The summed E-state index contributed by atoms with van der Waals surface area (Å²) in [5, 5.41) is 16.3. The molecule has 0 bridgehead atoms. The topological polar surface area (TPSA) is 168 Å². The molecule has 0 radical (unpaired) electrons. The number of aliphatic hydroxyl groups is 1. The first kappa shape index (κ1) is 38.1. The molecule has 1 amide bonds. The molecule has 1 aliphatic rings. The summed E-state index contributed by atoms with van der Waals surface area (Å²) in [4.78, 5) is 30.8. The second-order valence-corrected chi connectivity index (χ2v) is 14.5. The van der Waals surface area contributed by atoms with Gasteiger partial charge in [-0.15, -0.1) is 0 Å². The predicted molar refractivity (Wildman–Crippen MR) is 210 cm³/mol. The Labute approximate surface area is 324 Å². The lowest BCUT2D eigenvalue weighted by Gasteiger charge is -2.39. The fourth-order valence-corrected chi connectivity index (χ4v) is 7.38. The minimum absolute atomic E-state index is 0.0834. The summed E-state index contributed by atoms with van der Waals surface area (Å²) in [5.74, 6) is 0.772. The lowest BCUT2D eigenvalue weighted by atomic mass is 9.80. The van der Waals surface area contributed by atoms with E-state index in [1.54, 1.807) is 34.1 Å². The molecule has 1 aliphatic heterocycles. The van der Waals surface area contributed by atoms with E-state index in [1.165, 1.54) is 11.2 Å². The lowest BCUT2D eigenvalue weighted by Crippen LogP contribution is -2.47. The third-order valence-corrected chi connectivity index (χ3v) is 9.85. The third kappa shape index (κ3) is 7.53. The van der Waals surface area contributed by atoms with Crippen LogP contribution in [-0.2, 0) is 26.4 Å². The number of benzene rings is 4. The van der Waals surface area contributed by atoms with Gasteiger partial charge in [0.05, 0.1) is 43.4 Å². The van der Waals surface area contributed by atoms with Gasteiger partial charge < -0.3 is 29.0 Å². The monoisotopic (exact) mass is 753 g/mol. The normalized spacial score (nSPS) is 18.4. The molecule has 13 nitrogen and oxygen atoms in total. The summed E-state index contributed by atoms with van der Waals surface area (Å²) in [7, 11) is 1.60. The number of fused-ring (bicyclic) bond motifs is 1. The van der Waals surface area contributed by atoms with E-state index >= 15 is 0 Å². The molecule has 1 fully saturated rings. The van der Waals surface area contributed by atoms with E-state index < -0.39 is 41.6 Å². The van der Waals surface area contributed by atoms with Crippen molar-refractivity contribution in [3.05, 3.63) is 166 Å².